The number of benzene rings is 1. The number of carbonyl (C=O) groups is 1. The number of fused-ring (bicyclic) bond motifs is 1. The Hall–Kier alpha value is -3.18. The number of aryl methyl sites for hydroxylation is 1. The molecule has 0 saturated carbocycles. The largest absolute Gasteiger partial charge is 0.507 e. The fraction of sp³-hybridized carbons (Fsp3) is 0.400. The predicted molar refractivity (Wildman–Crippen MR) is 105 cm³/mol. The van der Waals surface area contributed by atoms with Gasteiger partial charge in [0.05, 0.1) is 29.6 Å². The molecule has 2 aromatic rings. The number of nitrogens with one attached hydrogen (secondary N) is 1. The molecule has 1 aromatic carbocycles. The molecule has 0 radical (unpaired) electrons. The molecule has 8 heteroatoms. The highest BCUT2D eigenvalue weighted by atomic mass is 16.3. The molecule has 8 nitrogen and oxygen atoms in total. The Morgan fingerprint density at radius 3 is 2.86 bits per heavy atom. The van der Waals surface area contributed by atoms with Crippen molar-refractivity contribution in [3.63, 3.8) is 0 Å². The van der Waals surface area contributed by atoms with E-state index in [1.807, 2.05) is 11.0 Å². The molecule has 0 aliphatic carbocycles. The summed E-state index contributed by atoms with van der Waals surface area (Å²) in [6.07, 6.45) is 2.09. The second-order valence-electron chi connectivity index (χ2n) is 7.50. The van der Waals surface area contributed by atoms with Gasteiger partial charge >= 0.3 is 0 Å². The second kappa shape index (κ2) is 7.09. The average Bonchev–Trinajstić information content (AvgIpc) is 2.66. The molecule has 1 unspecified atom stereocenters. The molecule has 144 valence electrons. The van der Waals surface area contributed by atoms with Crippen LogP contribution in [-0.2, 0) is 4.79 Å². The van der Waals surface area contributed by atoms with E-state index in [0.717, 1.165) is 31.5 Å². The zero-order valence-electron chi connectivity index (χ0n) is 15.9. The number of hydrogen-bond donors (Lipinski definition) is 2. The Morgan fingerprint density at radius 1 is 1.32 bits per heavy atom. The van der Waals surface area contributed by atoms with E-state index in [1.54, 1.807) is 19.1 Å². The van der Waals surface area contributed by atoms with Crippen LogP contribution in [0, 0.1) is 18.3 Å². The number of aromatic hydroxyl groups is 1. The number of piperidine rings is 1. The summed E-state index contributed by atoms with van der Waals surface area (Å²) in [7, 11) is 2.09. The minimum atomic E-state index is -0.0829. The lowest BCUT2D eigenvalue weighted by molar-refractivity contribution is -0.115. The molecule has 2 aliphatic rings. The van der Waals surface area contributed by atoms with Gasteiger partial charge in [0.15, 0.2) is 5.82 Å². The number of phenols is 1. The normalized spacial score (nSPS) is 19.7. The van der Waals surface area contributed by atoms with Crippen molar-refractivity contribution in [1.82, 2.24) is 15.1 Å². The van der Waals surface area contributed by atoms with Gasteiger partial charge in [0.25, 0.3) is 0 Å². The smallest absolute Gasteiger partial charge is 0.244 e. The zero-order valence-corrected chi connectivity index (χ0v) is 15.9. The third kappa shape index (κ3) is 3.25. The van der Waals surface area contributed by atoms with Gasteiger partial charge in [0.1, 0.15) is 5.75 Å². The fourth-order valence-corrected chi connectivity index (χ4v) is 4.09. The third-order valence-electron chi connectivity index (χ3n) is 5.37. The van der Waals surface area contributed by atoms with Crippen LogP contribution in [0.25, 0.3) is 11.3 Å². The van der Waals surface area contributed by atoms with Gasteiger partial charge in [0, 0.05) is 18.2 Å². The summed E-state index contributed by atoms with van der Waals surface area (Å²) in [6, 6.07) is 7.09. The number of nitrogens with zero attached hydrogens (tertiary/aromatic N) is 5. The number of likely N-dealkylation sites (N-methyl/N-ethyl adjacent to an activating group) is 1. The number of aromatic nitrogens is 2. The van der Waals surface area contributed by atoms with Crippen LogP contribution in [-0.4, -0.2) is 58.8 Å². The Bertz CT molecular complexity index is 960. The highest BCUT2D eigenvalue weighted by Crippen LogP contribution is 2.37. The van der Waals surface area contributed by atoms with Crippen molar-refractivity contribution >= 4 is 17.4 Å². The lowest BCUT2D eigenvalue weighted by Crippen LogP contribution is -2.51. The standard InChI is InChI=1S/C20H22N6O2/c1-12-6-13(9-21)7-17(27)19(12)15-8-16-20(24-23-15)26(11-18(28)22-16)14-4-3-5-25(2)10-14/h6-8,14,27H,3-5,10-11H2,1-2H3,(H,22,28). The molecule has 1 amide bonds. The van der Waals surface area contributed by atoms with E-state index >= 15 is 0 Å². The monoisotopic (exact) mass is 378 g/mol. The van der Waals surface area contributed by atoms with E-state index in [1.165, 1.54) is 6.07 Å². The topological polar surface area (TPSA) is 105 Å². The maximum atomic E-state index is 12.3. The van der Waals surface area contributed by atoms with Crippen molar-refractivity contribution < 1.29 is 9.90 Å². The lowest BCUT2D eigenvalue weighted by Gasteiger charge is -2.40. The molecule has 3 heterocycles. The molecule has 1 saturated heterocycles. The van der Waals surface area contributed by atoms with Gasteiger partial charge in [-0.2, -0.15) is 5.26 Å². The summed E-state index contributed by atoms with van der Waals surface area (Å²) < 4.78 is 0. The van der Waals surface area contributed by atoms with Crippen LogP contribution in [0.15, 0.2) is 18.2 Å². The summed E-state index contributed by atoms with van der Waals surface area (Å²) in [5.41, 5.74) is 2.67. The molecule has 1 atom stereocenters. The van der Waals surface area contributed by atoms with E-state index in [4.69, 9.17) is 5.26 Å². The summed E-state index contributed by atoms with van der Waals surface area (Å²) in [4.78, 5) is 16.6. The van der Waals surface area contributed by atoms with Crippen molar-refractivity contribution in [3.05, 3.63) is 29.3 Å². The Kier molecular flexibility index (Phi) is 4.61. The van der Waals surface area contributed by atoms with Crippen molar-refractivity contribution in [3.8, 4) is 23.1 Å². The van der Waals surface area contributed by atoms with E-state index in [0.29, 0.717) is 28.3 Å². The van der Waals surface area contributed by atoms with Crippen molar-refractivity contribution in [2.24, 2.45) is 0 Å². The van der Waals surface area contributed by atoms with Crippen LogP contribution in [0.3, 0.4) is 0 Å². The number of nitriles is 1. The molecule has 1 fully saturated rings. The number of carbonyl (C=O) groups excluding carboxylic acids is 1. The van der Waals surface area contributed by atoms with Crippen LogP contribution in [0.1, 0.15) is 24.0 Å². The average molecular weight is 378 g/mol. The SMILES string of the molecule is Cc1cc(C#N)cc(O)c1-c1cc2c(nn1)N(C1CCCN(C)C1)CC(=O)N2. The number of amides is 1. The van der Waals surface area contributed by atoms with Crippen molar-refractivity contribution in [1.29, 1.82) is 5.26 Å². The van der Waals surface area contributed by atoms with Crippen LogP contribution in [0.2, 0.25) is 0 Å². The Labute approximate surface area is 163 Å². The summed E-state index contributed by atoms with van der Waals surface area (Å²) in [5.74, 6) is 0.550. The molecule has 28 heavy (non-hydrogen) atoms. The van der Waals surface area contributed by atoms with Gasteiger partial charge in [-0.05, 0) is 57.1 Å². The Balaban J connectivity index is 1.73. The number of hydrogen-bond acceptors (Lipinski definition) is 7. The first-order valence-corrected chi connectivity index (χ1v) is 9.33. The summed E-state index contributed by atoms with van der Waals surface area (Å²) in [5, 5.41) is 31.1. The molecule has 1 aromatic heterocycles. The first-order chi connectivity index (χ1) is 13.5. The lowest BCUT2D eigenvalue weighted by atomic mass is 10.0. The minimum absolute atomic E-state index is 0.0290. The van der Waals surface area contributed by atoms with Gasteiger partial charge < -0.3 is 20.2 Å². The summed E-state index contributed by atoms with van der Waals surface area (Å²) in [6.45, 7) is 4.01. The molecular weight excluding hydrogens is 356 g/mol. The third-order valence-corrected chi connectivity index (χ3v) is 5.37. The number of likely N-dealkylation sites (tertiary alicyclic amines) is 1. The highest BCUT2D eigenvalue weighted by molar-refractivity contribution is 6.01. The van der Waals surface area contributed by atoms with Crippen LogP contribution in [0.5, 0.6) is 5.75 Å². The van der Waals surface area contributed by atoms with Gasteiger partial charge in [-0.3, -0.25) is 4.79 Å². The van der Waals surface area contributed by atoms with Gasteiger partial charge in [0.2, 0.25) is 5.91 Å². The van der Waals surface area contributed by atoms with Gasteiger partial charge in [-0.1, -0.05) is 0 Å². The highest BCUT2D eigenvalue weighted by Gasteiger charge is 2.32. The molecule has 0 bridgehead atoms. The molecule has 2 N–H and O–H groups in total. The van der Waals surface area contributed by atoms with Crippen molar-refractivity contribution in [2.45, 2.75) is 25.8 Å². The summed E-state index contributed by atoms with van der Waals surface area (Å²) >= 11 is 0. The molecular formula is C20H22N6O2. The number of anilines is 2. The fourth-order valence-electron chi connectivity index (χ4n) is 4.09. The van der Waals surface area contributed by atoms with Crippen LogP contribution in [0.4, 0.5) is 11.5 Å². The maximum Gasteiger partial charge on any atom is 0.244 e. The molecule has 0 spiro atoms. The molecule has 4 rings (SSSR count). The van der Waals surface area contributed by atoms with Gasteiger partial charge in [-0.25, -0.2) is 0 Å². The number of rotatable bonds is 2. The maximum absolute atomic E-state index is 12.3. The first kappa shape index (κ1) is 18.2. The minimum Gasteiger partial charge on any atom is -0.507 e. The Morgan fingerprint density at radius 2 is 2.14 bits per heavy atom. The first-order valence-electron chi connectivity index (χ1n) is 9.33. The van der Waals surface area contributed by atoms with E-state index in [2.05, 4.69) is 27.5 Å². The quantitative estimate of drug-likeness (QED) is 0.822. The van der Waals surface area contributed by atoms with Crippen LogP contribution < -0.4 is 10.2 Å². The van der Waals surface area contributed by atoms with Crippen LogP contribution >= 0.6 is 0 Å². The van der Waals surface area contributed by atoms with E-state index < -0.39 is 0 Å². The van der Waals surface area contributed by atoms with E-state index in [-0.39, 0.29) is 24.2 Å². The number of phenolic OH excluding ortho intramolecular Hbond substituents is 1. The molecule has 2 aliphatic heterocycles. The second-order valence-corrected chi connectivity index (χ2v) is 7.50. The zero-order chi connectivity index (χ0) is 19.8. The van der Waals surface area contributed by atoms with Crippen molar-refractivity contribution in [2.75, 3.05) is 36.9 Å². The predicted octanol–water partition coefficient (Wildman–Crippen LogP) is 1.88. The van der Waals surface area contributed by atoms with Gasteiger partial charge in [-0.15, -0.1) is 10.2 Å². The van der Waals surface area contributed by atoms with E-state index in [9.17, 15) is 9.90 Å².